The summed E-state index contributed by atoms with van der Waals surface area (Å²) < 4.78 is 24.5. The van der Waals surface area contributed by atoms with Crippen molar-refractivity contribution in [3.05, 3.63) is 53.7 Å². The molecular weight excluding hydrogens is 245 g/mol. The predicted octanol–water partition coefficient (Wildman–Crippen LogP) is 3.84. The third-order valence-corrected chi connectivity index (χ3v) is 3.14. The number of nitrogens with one attached hydrogen (secondary N) is 1. The second-order valence-electron chi connectivity index (χ2n) is 4.48. The van der Waals surface area contributed by atoms with Gasteiger partial charge in [-0.15, -0.1) is 0 Å². The van der Waals surface area contributed by atoms with Gasteiger partial charge in [-0.25, -0.2) is 4.39 Å². The van der Waals surface area contributed by atoms with Gasteiger partial charge in [-0.05, 0) is 38.1 Å². The fourth-order valence-electron chi connectivity index (χ4n) is 2.19. The first-order chi connectivity index (χ1) is 9.13. The van der Waals surface area contributed by atoms with Crippen molar-refractivity contribution in [1.29, 1.82) is 0 Å². The number of furan rings is 1. The highest BCUT2D eigenvalue weighted by Crippen LogP contribution is 2.29. The molecular formula is C15H18FNO2. The minimum absolute atomic E-state index is 0.00527. The molecule has 0 amide bonds. The lowest BCUT2D eigenvalue weighted by molar-refractivity contribution is 0.371. The minimum atomic E-state index is -0.272. The number of hydrogen-bond donors (Lipinski definition) is 1. The van der Waals surface area contributed by atoms with Gasteiger partial charge in [0.1, 0.15) is 17.3 Å². The highest BCUT2D eigenvalue weighted by Gasteiger charge is 2.19. The molecule has 2 rings (SSSR count). The maximum atomic E-state index is 13.9. The molecule has 2 atom stereocenters. The molecule has 1 aromatic heterocycles. The van der Waals surface area contributed by atoms with E-state index in [-0.39, 0.29) is 17.9 Å². The Hall–Kier alpha value is -1.81. The van der Waals surface area contributed by atoms with E-state index < -0.39 is 0 Å². The summed E-state index contributed by atoms with van der Waals surface area (Å²) in [6, 6.07) is 8.37. The van der Waals surface area contributed by atoms with Crippen LogP contribution in [0.25, 0.3) is 0 Å². The number of halogens is 1. The lowest BCUT2D eigenvalue weighted by Gasteiger charge is -2.21. The highest BCUT2D eigenvalue weighted by molar-refractivity contribution is 5.37. The molecule has 1 unspecified atom stereocenters. The Morgan fingerprint density at radius 3 is 2.58 bits per heavy atom. The van der Waals surface area contributed by atoms with Gasteiger partial charge in [0, 0.05) is 11.6 Å². The van der Waals surface area contributed by atoms with Gasteiger partial charge < -0.3 is 14.5 Å². The Morgan fingerprint density at radius 1 is 1.16 bits per heavy atom. The van der Waals surface area contributed by atoms with Gasteiger partial charge in [0.25, 0.3) is 0 Å². The van der Waals surface area contributed by atoms with E-state index in [1.165, 1.54) is 6.07 Å². The first kappa shape index (κ1) is 13.6. The van der Waals surface area contributed by atoms with E-state index in [1.807, 2.05) is 26.0 Å². The third kappa shape index (κ3) is 2.96. The molecule has 3 nitrogen and oxygen atoms in total. The van der Waals surface area contributed by atoms with Crippen molar-refractivity contribution in [3.63, 3.8) is 0 Å². The van der Waals surface area contributed by atoms with Crippen LogP contribution in [-0.2, 0) is 0 Å². The molecule has 102 valence electrons. The largest absolute Gasteiger partial charge is 0.496 e. The predicted molar refractivity (Wildman–Crippen MR) is 71.6 cm³/mol. The summed E-state index contributed by atoms with van der Waals surface area (Å²) in [5.74, 6) is 1.10. The number of hydrogen-bond acceptors (Lipinski definition) is 3. The topological polar surface area (TPSA) is 34.4 Å². The summed E-state index contributed by atoms with van der Waals surface area (Å²) in [4.78, 5) is 0. The van der Waals surface area contributed by atoms with Crippen LogP contribution in [-0.4, -0.2) is 7.11 Å². The molecule has 0 saturated heterocycles. The molecule has 0 radical (unpaired) electrons. The van der Waals surface area contributed by atoms with E-state index in [0.29, 0.717) is 11.3 Å². The number of benzene rings is 1. The Kier molecular flexibility index (Phi) is 4.22. The second-order valence-corrected chi connectivity index (χ2v) is 4.48. The van der Waals surface area contributed by atoms with Crippen molar-refractivity contribution in [2.75, 3.05) is 7.11 Å². The molecule has 1 N–H and O–H groups in total. The number of methoxy groups -OCH3 is 1. The van der Waals surface area contributed by atoms with E-state index in [9.17, 15) is 4.39 Å². The van der Waals surface area contributed by atoms with E-state index in [0.717, 1.165) is 5.76 Å². The average Bonchev–Trinajstić information content (AvgIpc) is 2.92. The van der Waals surface area contributed by atoms with Crippen LogP contribution in [0.4, 0.5) is 4.39 Å². The average molecular weight is 263 g/mol. The summed E-state index contributed by atoms with van der Waals surface area (Å²) in [5, 5.41) is 3.30. The second kappa shape index (κ2) is 5.89. The minimum Gasteiger partial charge on any atom is -0.496 e. The zero-order valence-electron chi connectivity index (χ0n) is 11.3. The zero-order chi connectivity index (χ0) is 13.8. The fourth-order valence-corrected chi connectivity index (χ4v) is 2.19. The van der Waals surface area contributed by atoms with Gasteiger partial charge in [0.2, 0.25) is 0 Å². The summed E-state index contributed by atoms with van der Waals surface area (Å²) in [7, 11) is 1.54. The van der Waals surface area contributed by atoms with Crippen LogP contribution in [0.3, 0.4) is 0 Å². The van der Waals surface area contributed by atoms with Crippen molar-refractivity contribution in [1.82, 2.24) is 5.32 Å². The van der Waals surface area contributed by atoms with Crippen LogP contribution in [0.5, 0.6) is 5.75 Å². The molecule has 4 heteroatoms. The molecule has 0 aliphatic heterocycles. The summed E-state index contributed by atoms with van der Waals surface area (Å²) >= 11 is 0. The van der Waals surface area contributed by atoms with Gasteiger partial charge in [-0.1, -0.05) is 6.07 Å². The van der Waals surface area contributed by atoms with Crippen molar-refractivity contribution in [2.45, 2.75) is 25.9 Å². The smallest absolute Gasteiger partial charge is 0.131 e. The van der Waals surface area contributed by atoms with Crippen LogP contribution in [0.15, 0.2) is 41.0 Å². The normalized spacial score (nSPS) is 14.1. The van der Waals surface area contributed by atoms with Crippen molar-refractivity contribution in [3.8, 4) is 5.75 Å². The number of ether oxygens (including phenoxy) is 1. The molecule has 0 saturated carbocycles. The van der Waals surface area contributed by atoms with Crippen LogP contribution in [0.1, 0.15) is 37.3 Å². The first-order valence-electron chi connectivity index (χ1n) is 6.25. The fraction of sp³-hybridized carbons (Fsp3) is 0.333. The van der Waals surface area contributed by atoms with Crippen LogP contribution in [0, 0.1) is 5.82 Å². The molecule has 0 bridgehead atoms. The van der Waals surface area contributed by atoms with Crippen LogP contribution < -0.4 is 10.1 Å². The van der Waals surface area contributed by atoms with Gasteiger partial charge >= 0.3 is 0 Å². The van der Waals surface area contributed by atoms with Crippen LogP contribution >= 0.6 is 0 Å². The Bertz CT molecular complexity index is 525. The summed E-state index contributed by atoms with van der Waals surface area (Å²) in [5.41, 5.74) is 0.531. The third-order valence-electron chi connectivity index (χ3n) is 3.14. The van der Waals surface area contributed by atoms with E-state index >= 15 is 0 Å². The quantitative estimate of drug-likeness (QED) is 0.890. The monoisotopic (exact) mass is 263 g/mol. The molecule has 0 fully saturated rings. The van der Waals surface area contributed by atoms with Crippen molar-refractivity contribution in [2.24, 2.45) is 0 Å². The maximum absolute atomic E-state index is 13.9. The molecule has 2 aromatic rings. The van der Waals surface area contributed by atoms with E-state index in [1.54, 1.807) is 25.5 Å². The van der Waals surface area contributed by atoms with Crippen LogP contribution in [0.2, 0.25) is 0 Å². The van der Waals surface area contributed by atoms with E-state index in [4.69, 9.17) is 9.15 Å². The lowest BCUT2D eigenvalue weighted by Crippen LogP contribution is -2.23. The van der Waals surface area contributed by atoms with Gasteiger partial charge in [-0.2, -0.15) is 0 Å². The lowest BCUT2D eigenvalue weighted by atomic mass is 10.1. The Labute approximate surface area is 112 Å². The van der Waals surface area contributed by atoms with E-state index in [2.05, 4.69) is 5.32 Å². The molecule has 19 heavy (non-hydrogen) atoms. The molecule has 0 spiro atoms. The Balaban J connectivity index is 2.18. The summed E-state index contributed by atoms with van der Waals surface area (Å²) in [6.45, 7) is 3.88. The summed E-state index contributed by atoms with van der Waals surface area (Å²) in [6.07, 6.45) is 1.63. The van der Waals surface area contributed by atoms with Gasteiger partial charge in [0.15, 0.2) is 0 Å². The SMILES string of the molecule is COc1cccc(F)c1C(C)N[C@@H](C)c1ccco1. The van der Waals surface area contributed by atoms with Gasteiger partial charge in [0.05, 0.1) is 19.4 Å². The number of rotatable bonds is 5. The van der Waals surface area contributed by atoms with Crippen molar-refractivity contribution < 1.29 is 13.5 Å². The molecule has 1 aromatic carbocycles. The Morgan fingerprint density at radius 2 is 1.95 bits per heavy atom. The zero-order valence-corrected chi connectivity index (χ0v) is 11.3. The molecule has 0 aliphatic rings. The first-order valence-corrected chi connectivity index (χ1v) is 6.25. The highest BCUT2D eigenvalue weighted by atomic mass is 19.1. The molecule has 0 aliphatic carbocycles. The maximum Gasteiger partial charge on any atom is 0.131 e. The molecule has 1 heterocycles. The van der Waals surface area contributed by atoms with Gasteiger partial charge in [-0.3, -0.25) is 0 Å². The van der Waals surface area contributed by atoms with Crippen molar-refractivity contribution >= 4 is 0 Å². The standard InChI is InChI=1S/C15H18FNO2/c1-10(13-8-5-9-19-13)17-11(2)15-12(16)6-4-7-14(15)18-3/h4-11,17H,1-3H3/t10-,11?/m0/s1.